The van der Waals surface area contributed by atoms with Crippen LogP contribution in [0.4, 0.5) is 5.69 Å². The summed E-state index contributed by atoms with van der Waals surface area (Å²) in [6.45, 7) is 28.6. The van der Waals surface area contributed by atoms with E-state index in [0.717, 1.165) is 33.8 Å². The summed E-state index contributed by atoms with van der Waals surface area (Å²) in [6, 6.07) is 15.5. The van der Waals surface area contributed by atoms with Gasteiger partial charge in [0.05, 0.1) is 335 Å². The number of benzene rings is 2. The number of nitrogens with zero attached hydrogens (tertiary/aromatic N) is 3. The third-order valence-corrected chi connectivity index (χ3v) is 14.9. The fraction of sp³-hybridized carbons (Fsp3) is 0.770. The normalized spacial score (nSPS) is 12.2. The molecule has 0 radical (unpaired) electrons. The van der Waals surface area contributed by atoms with Crippen molar-refractivity contribution in [2.24, 2.45) is 5.41 Å². The first-order valence-electron chi connectivity index (χ1n) is 37.3. The Kier molecular flexibility index (Phi) is 60.3. The molecule has 2 N–H and O–H groups in total. The molecule has 0 fully saturated rings. The average Bonchev–Trinajstić information content (AvgIpc) is 1.38. The van der Waals surface area contributed by atoms with Gasteiger partial charge in [-0.25, -0.2) is 0 Å². The Morgan fingerprint density at radius 3 is 0.906 bits per heavy atom. The number of aromatic nitrogens is 3. The summed E-state index contributed by atoms with van der Waals surface area (Å²) < 4.78 is 133. The Balaban J connectivity index is 0.713. The van der Waals surface area contributed by atoms with Crippen LogP contribution in [0.1, 0.15) is 45.6 Å². The Labute approximate surface area is 627 Å². The maximum absolute atomic E-state index is 13.6. The second-order valence-corrected chi connectivity index (χ2v) is 24.2. The van der Waals surface area contributed by atoms with Gasteiger partial charge in [-0.05, 0) is 11.6 Å². The zero-order chi connectivity index (χ0) is 75.2. The number of hydrogen-bond donors (Lipinski definition) is 2. The monoisotopic (exact) mass is 1520 g/mol. The van der Waals surface area contributed by atoms with Crippen molar-refractivity contribution in [3.05, 3.63) is 54.1 Å². The van der Waals surface area contributed by atoms with Crippen molar-refractivity contribution >= 4 is 23.3 Å². The summed E-state index contributed by atoms with van der Waals surface area (Å²) in [5.74, 6) is -0.183. The van der Waals surface area contributed by atoms with Crippen LogP contribution < -0.4 is 10.2 Å². The molecule has 0 saturated heterocycles. The van der Waals surface area contributed by atoms with E-state index in [-0.39, 0.29) is 35.9 Å². The predicted molar refractivity (Wildman–Crippen MR) is 389 cm³/mol. The molecule has 2 heterocycles. The molecule has 0 atom stereocenters. The minimum absolute atomic E-state index is 0.0522. The Bertz CT molecular complexity index is 2520. The third-order valence-electron chi connectivity index (χ3n) is 14.9. The smallest absolute Gasteiger partial charge is 0.227 e. The van der Waals surface area contributed by atoms with E-state index < -0.39 is 0 Å². The fourth-order valence-electron chi connectivity index (χ4n) is 9.30. The minimum atomic E-state index is -0.327. The van der Waals surface area contributed by atoms with Crippen LogP contribution in [0.3, 0.4) is 0 Å². The number of H-pyrrole nitrogens is 1. The summed E-state index contributed by atoms with van der Waals surface area (Å²) in [7, 11) is 0. The molecule has 0 aliphatic carbocycles. The van der Waals surface area contributed by atoms with Crippen molar-refractivity contribution in [3.63, 3.8) is 0 Å². The lowest BCUT2D eigenvalue weighted by molar-refractivity contribution is -0.127. The number of aromatic amines is 1. The first-order valence-corrected chi connectivity index (χ1v) is 37.3. The first kappa shape index (κ1) is 93.6. The quantitative estimate of drug-likeness (QED) is 0.0745. The molecular formula is C74H125N5O27. The van der Waals surface area contributed by atoms with Gasteiger partial charge in [-0.15, -0.1) is 5.10 Å². The van der Waals surface area contributed by atoms with Crippen LogP contribution in [0.15, 0.2) is 48.5 Å². The van der Waals surface area contributed by atoms with Gasteiger partial charge >= 0.3 is 0 Å². The molecule has 4 rings (SSSR count). The Morgan fingerprint density at radius 1 is 0.340 bits per heavy atom. The molecule has 608 valence electrons. The summed E-state index contributed by atoms with van der Waals surface area (Å²) >= 11 is 0. The van der Waals surface area contributed by atoms with Crippen molar-refractivity contribution in [1.29, 1.82) is 0 Å². The second-order valence-electron chi connectivity index (χ2n) is 24.2. The lowest BCUT2D eigenvalue weighted by Crippen LogP contribution is -2.33. The molecule has 2 amide bonds. The Morgan fingerprint density at radius 2 is 0.604 bits per heavy atom. The molecular weight excluding hydrogens is 1390 g/mol. The molecule has 0 unspecified atom stereocenters. The molecule has 0 spiro atoms. The molecule has 3 aromatic rings. The summed E-state index contributed by atoms with van der Waals surface area (Å²) in [4.78, 5) is 39.8. The van der Waals surface area contributed by atoms with E-state index >= 15 is 0 Å². The van der Waals surface area contributed by atoms with E-state index in [1.807, 2.05) is 69.3 Å². The van der Waals surface area contributed by atoms with Gasteiger partial charge in [0.2, 0.25) is 11.8 Å². The van der Waals surface area contributed by atoms with E-state index in [4.69, 9.17) is 114 Å². The molecule has 1 aromatic heterocycles. The number of anilines is 1. The predicted octanol–water partition coefficient (Wildman–Crippen LogP) is 4.29. The second kappa shape index (κ2) is 68.3. The lowest BCUT2D eigenvalue weighted by atomic mass is 9.89. The molecule has 1 aliphatic rings. The summed E-state index contributed by atoms with van der Waals surface area (Å²) in [6.07, 6.45) is 0.528. The van der Waals surface area contributed by atoms with E-state index in [0.29, 0.717) is 337 Å². The number of carbonyl (C=O) groups is 3. The van der Waals surface area contributed by atoms with Crippen LogP contribution in [-0.4, -0.2) is 357 Å². The van der Waals surface area contributed by atoms with Crippen LogP contribution >= 0.6 is 0 Å². The maximum atomic E-state index is 13.6. The van der Waals surface area contributed by atoms with Crippen molar-refractivity contribution in [2.75, 3.05) is 329 Å². The van der Waals surface area contributed by atoms with Gasteiger partial charge in [0.25, 0.3) is 0 Å². The highest BCUT2D eigenvalue weighted by Crippen LogP contribution is 2.40. The number of amides is 2. The van der Waals surface area contributed by atoms with Crippen LogP contribution in [0.25, 0.3) is 22.5 Å². The largest absolute Gasteiger partial charge is 0.379 e. The number of carbonyl (C=O) groups excluding carboxylic acids is 3. The van der Waals surface area contributed by atoms with Crippen molar-refractivity contribution in [2.45, 2.75) is 46.6 Å². The van der Waals surface area contributed by atoms with E-state index in [1.165, 1.54) is 0 Å². The minimum Gasteiger partial charge on any atom is -0.379 e. The number of ether oxygens (including phenoxy) is 24. The van der Waals surface area contributed by atoms with Gasteiger partial charge in [0.15, 0.2) is 0 Å². The van der Waals surface area contributed by atoms with Gasteiger partial charge in [-0.2, -0.15) is 0 Å². The lowest BCUT2D eigenvalue weighted by Gasteiger charge is -2.28. The Hall–Kier alpha value is -4.77. The van der Waals surface area contributed by atoms with Crippen molar-refractivity contribution < 1.29 is 128 Å². The zero-order valence-corrected chi connectivity index (χ0v) is 63.5. The van der Waals surface area contributed by atoms with Crippen molar-refractivity contribution in [3.8, 4) is 22.5 Å². The third kappa shape index (κ3) is 51.6. The van der Waals surface area contributed by atoms with Crippen LogP contribution in [0, 0.1) is 5.41 Å². The van der Waals surface area contributed by atoms with Gasteiger partial charge in [0, 0.05) is 42.3 Å². The number of para-hydroxylation sites is 1. The number of nitrogens with one attached hydrogen (secondary N) is 2. The highest BCUT2D eigenvalue weighted by Gasteiger charge is 2.28. The maximum Gasteiger partial charge on any atom is 0.227 e. The van der Waals surface area contributed by atoms with Gasteiger partial charge < -0.3 is 124 Å². The molecule has 32 heteroatoms. The van der Waals surface area contributed by atoms with Gasteiger partial charge in [-0.1, -0.05) is 68.4 Å². The molecule has 2 aromatic carbocycles. The zero-order valence-electron chi connectivity index (χ0n) is 63.5. The summed E-state index contributed by atoms with van der Waals surface area (Å²) in [5, 5.41) is 14.2. The fourth-order valence-corrected chi connectivity index (χ4v) is 9.30. The summed E-state index contributed by atoms with van der Waals surface area (Å²) in [5.41, 5.74) is 4.56. The molecule has 106 heavy (non-hydrogen) atoms. The van der Waals surface area contributed by atoms with Crippen LogP contribution in [0.2, 0.25) is 0 Å². The number of rotatable bonds is 78. The molecule has 0 bridgehead atoms. The van der Waals surface area contributed by atoms with Crippen molar-refractivity contribution in [1.82, 2.24) is 20.7 Å². The van der Waals surface area contributed by atoms with Gasteiger partial charge in [0.1, 0.15) is 11.5 Å². The number of fused-ring (bicyclic) bond motifs is 5. The molecule has 1 aliphatic heterocycles. The number of ketones is 1. The SMILES string of the molecule is CC(C)(C)C(=O)CCOCCOCCOCCOCCOCCOCCOCCOCCOCCOCCOCCOCCOCCOCCOCCOCCOCCOCCOCCOCCOCCOCCOCCOCCNC(=O)CCC(=O)N1Cc2ccccc2-c2nn[nH]c2-c2ccccc21. The molecule has 32 nitrogen and oxygen atoms in total. The number of hydrogen-bond acceptors (Lipinski definition) is 29. The topological polar surface area (TPSA) is 330 Å². The van der Waals surface area contributed by atoms with E-state index in [1.54, 1.807) is 4.90 Å². The van der Waals surface area contributed by atoms with E-state index in [2.05, 4.69) is 20.7 Å². The highest BCUT2D eigenvalue weighted by molar-refractivity contribution is 6.01. The van der Waals surface area contributed by atoms with Crippen LogP contribution in [0.5, 0.6) is 0 Å². The molecule has 0 saturated carbocycles. The first-order chi connectivity index (χ1) is 52.3. The standard InChI is InChI=1S/C74H125N5O27/c1-74(2,3)69(80)14-16-83-18-20-85-22-24-87-26-28-89-30-32-91-34-36-93-38-40-95-42-44-97-46-48-99-50-52-101-54-56-103-58-60-105-62-63-106-61-59-104-57-55-102-53-51-100-49-47-98-45-43-96-41-39-94-37-35-92-33-31-90-29-27-88-25-23-86-21-19-84-17-15-75-70(81)12-13-71(82)79-64-65-8-4-5-9-66(65)72-73(77-78-76-72)67-10-6-7-11-68(67)79/h4-11H,12-64H2,1-3H3,(H,75,81)(H,76,77,78). The van der Waals surface area contributed by atoms with E-state index in [9.17, 15) is 14.4 Å². The number of Topliss-reactive ketones (excluding diaryl/α,β-unsaturated/α-hetero) is 1. The van der Waals surface area contributed by atoms with Crippen LogP contribution in [-0.2, 0) is 135 Å². The average molecular weight is 1520 g/mol. The van der Waals surface area contributed by atoms with Gasteiger partial charge in [-0.3, -0.25) is 19.5 Å². The highest BCUT2D eigenvalue weighted by atomic mass is 16.6.